The zero-order chi connectivity index (χ0) is 13.3. The van der Waals surface area contributed by atoms with Gasteiger partial charge in [-0.3, -0.25) is 0 Å². The van der Waals surface area contributed by atoms with Crippen molar-refractivity contribution >= 4 is 31.3 Å². The molecule has 2 nitrogen and oxygen atoms in total. The summed E-state index contributed by atoms with van der Waals surface area (Å²) in [5, 5.41) is 0.600. The molecule has 94 valence electrons. The number of halogens is 2. The van der Waals surface area contributed by atoms with Gasteiger partial charge in [-0.2, -0.15) is 0 Å². The van der Waals surface area contributed by atoms with Gasteiger partial charge in [0.1, 0.15) is 0 Å². The van der Waals surface area contributed by atoms with Gasteiger partial charge in [0.15, 0.2) is 0 Å². The summed E-state index contributed by atoms with van der Waals surface area (Å²) in [6.07, 6.45) is 0. The van der Waals surface area contributed by atoms with E-state index in [1.807, 2.05) is 18.2 Å². The smallest absolute Gasteiger partial charge is 0.207 e. The van der Waals surface area contributed by atoms with Crippen LogP contribution < -0.4 is 0 Å². The molecule has 0 aliphatic carbocycles. The fourth-order valence-corrected chi connectivity index (χ4v) is 3.12. The molecule has 18 heavy (non-hydrogen) atoms. The number of hydrogen-bond donors (Lipinski definition) is 0. The molecule has 0 aromatic heterocycles. The quantitative estimate of drug-likeness (QED) is 0.777. The fraction of sp³-hybridized carbons (Fsp3) is 0.0769. The third-order valence-corrected chi connectivity index (χ3v) is 4.31. The van der Waals surface area contributed by atoms with Crippen molar-refractivity contribution in [2.75, 3.05) is 0 Å². The second-order valence-electron chi connectivity index (χ2n) is 3.93. The molecular formula is C13H10Cl2O2S. The highest BCUT2D eigenvalue weighted by molar-refractivity contribution is 8.13. The first-order valence-electron chi connectivity index (χ1n) is 5.19. The molecule has 0 bridgehead atoms. The minimum Gasteiger partial charge on any atom is -0.207 e. The first-order chi connectivity index (χ1) is 8.38. The predicted octanol–water partition coefficient (Wildman–Crippen LogP) is 4.24. The highest BCUT2D eigenvalue weighted by Gasteiger charge is 2.14. The molecule has 0 spiro atoms. The van der Waals surface area contributed by atoms with Crippen LogP contribution >= 0.6 is 22.3 Å². The lowest BCUT2D eigenvalue weighted by Crippen LogP contribution is -1.95. The molecule has 0 unspecified atom stereocenters. The van der Waals surface area contributed by atoms with E-state index >= 15 is 0 Å². The van der Waals surface area contributed by atoms with E-state index in [4.69, 9.17) is 22.3 Å². The fourth-order valence-electron chi connectivity index (χ4n) is 1.71. The molecule has 2 rings (SSSR count). The van der Waals surface area contributed by atoms with Gasteiger partial charge < -0.3 is 0 Å². The van der Waals surface area contributed by atoms with Crippen LogP contribution in [-0.4, -0.2) is 8.42 Å². The highest BCUT2D eigenvalue weighted by atomic mass is 35.7. The first-order valence-corrected chi connectivity index (χ1v) is 7.88. The molecule has 2 aromatic rings. The molecule has 5 heteroatoms. The maximum absolute atomic E-state index is 11.4. The van der Waals surface area contributed by atoms with Crippen molar-refractivity contribution in [3.8, 4) is 11.1 Å². The lowest BCUT2D eigenvalue weighted by molar-refractivity contribution is 0.609. The maximum Gasteiger partial charge on any atom is 0.261 e. The van der Waals surface area contributed by atoms with Crippen LogP contribution in [0.15, 0.2) is 47.4 Å². The molecule has 2 aromatic carbocycles. The van der Waals surface area contributed by atoms with Gasteiger partial charge >= 0.3 is 0 Å². The number of rotatable bonds is 2. The van der Waals surface area contributed by atoms with Gasteiger partial charge in [0.2, 0.25) is 0 Å². The number of hydrogen-bond acceptors (Lipinski definition) is 2. The van der Waals surface area contributed by atoms with Gasteiger partial charge in [-0.15, -0.1) is 0 Å². The predicted molar refractivity (Wildman–Crippen MR) is 74.7 cm³/mol. The Morgan fingerprint density at radius 3 is 2.28 bits per heavy atom. The second-order valence-corrected chi connectivity index (χ2v) is 6.90. The summed E-state index contributed by atoms with van der Waals surface area (Å²) in [5.41, 5.74) is 2.24. The molecule has 0 radical (unpaired) electrons. The van der Waals surface area contributed by atoms with Gasteiger partial charge in [0.25, 0.3) is 9.05 Å². The summed E-state index contributed by atoms with van der Waals surface area (Å²) in [6.45, 7) is 1.71. The van der Waals surface area contributed by atoms with Gasteiger partial charge in [-0.05, 0) is 41.8 Å². The van der Waals surface area contributed by atoms with Crippen molar-refractivity contribution in [3.05, 3.63) is 53.1 Å². The van der Waals surface area contributed by atoms with Crippen molar-refractivity contribution < 1.29 is 8.42 Å². The van der Waals surface area contributed by atoms with Crippen LogP contribution in [0.5, 0.6) is 0 Å². The molecule has 0 saturated heterocycles. The van der Waals surface area contributed by atoms with Crippen LogP contribution in [0.25, 0.3) is 11.1 Å². The lowest BCUT2D eigenvalue weighted by atomic mass is 10.0. The van der Waals surface area contributed by atoms with Crippen LogP contribution in [0.1, 0.15) is 5.56 Å². The van der Waals surface area contributed by atoms with Gasteiger partial charge in [-0.1, -0.05) is 35.9 Å². The Labute approximate surface area is 116 Å². The monoisotopic (exact) mass is 300 g/mol. The molecule has 0 aliphatic heterocycles. The Balaban J connectivity index is 2.61. The van der Waals surface area contributed by atoms with E-state index in [1.165, 1.54) is 0 Å². The normalized spacial score (nSPS) is 11.5. The van der Waals surface area contributed by atoms with E-state index < -0.39 is 9.05 Å². The van der Waals surface area contributed by atoms with Crippen molar-refractivity contribution in [2.45, 2.75) is 11.8 Å². The summed E-state index contributed by atoms with van der Waals surface area (Å²) < 4.78 is 22.9. The Hall–Kier alpha value is -1.03. The van der Waals surface area contributed by atoms with Crippen molar-refractivity contribution in [2.24, 2.45) is 0 Å². The van der Waals surface area contributed by atoms with Crippen LogP contribution in [0.2, 0.25) is 5.02 Å². The molecular weight excluding hydrogens is 291 g/mol. The standard InChI is InChI=1S/C13H10Cl2O2S/c1-9-5-6-11(8-13(9)18(15,16)17)10-3-2-4-12(14)7-10/h2-8H,1H3. The van der Waals surface area contributed by atoms with E-state index in [9.17, 15) is 8.42 Å². The Morgan fingerprint density at radius 2 is 1.67 bits per heavy atom. The van der Waals surface area contributed by atoms with E-state index in [1.54, 1.807) is 31.2 Å². The molecule has 0 N–H and O–H groups in total. The maximum atomic E-state index is 11.4. The number of benzene rings is 2. The molecule has 0 amide bonds. The van der Waals surface area contributed by atoms with Crippen molar-refractivity contribution in [1.82, 2.24) is 0 Å². The van der Waals surface area contributed by atoms with Crippen LogP contribution in [0.4, 0.5) is 0 Å². The molecule has 0 atom stereocenters. The van der Waals surface area contributed by atoms with E-state index in [2.05, 4.69) is 0 Å². The van der Waals surface area contributed by atoms with Gasteiger partial charge in [-0.25, -0.2) is 8.42 Å². The molecule has 0 saturated carbocycles. The zero-order valence-electron chi connectivity index (χ0n) is 9.52. The highest BCUT2D eigenvalue weighted by Crippen LogP contribution is 2.28. The van der Waals surface area contributed by atoms with E-state index in [0.717, 1.165) is 11.1 Å². The second kappa shape index (κ2) is 4.92. The summed E-state index contributed by atoms with van der Waals surface area (Å²) in [7, 11) is 1.67. The average molecular weight is 301 g/mol. The summed E-state index contributed by atoms with van der Waals surface area (Å²) in [6, 6.07) is 12.3. The van der Waals surface area contributed by atoms with Gasteiger partial charge in [0.05, 0.1) is 4.90 Å². The Bertz CT molecular complexity index is 694. The topological polar surface area (TPSA) is 34.1 Å². The van der Waals surface area contributed by atoms with E-state index in [-0.39, 0.29) is 4.90 Å². The van der Waals surface area contributed by atoms with E-state index in [0.29, 0.717) is 10.6 Å². The summed E-state index contributed by atoms with van der Waals surface area (Å²) in [5.74, 6) is 0. The Morgan fingerprint density at radius 1 is 1.00 bits per heavy atom. The minimum absolute atomic E-state index is 0.127. The minimum atomic E-state index is -3.73. The average Bonchev–Trinajstić information content (AvgIpc) is 2.28. The van der Waals surface area contributed by atoms with Crippen LogP contribution in [0.3, 0.4) is 0 Å². The van der Waals surface area contributed by atoms with Crippen molar-refractivity contribution in [1.29, 1.82) is 0 Å². The third kappa shape index (κ3) is 2.86. The zero-order valence-corrected chi connectivity index (χ0v) is 11.9. The summed E-state index contributed by atoms with van der Waals surface area (Å²) >= 11 is 5.91. The largest absolute Gasteiger partial charge is 0.261 e. The lowest BCUT2D eigenvalue weighted by Gasteiger charge is -2.07. The van der Waals surface area contributed by atoms with Crippen LogP contribution in [-0.2, 0) is 9.05 Å². The van der Waals surface area contributed by atoms with Crippen LogP contribution in [0, 0.1) is 6.92 Å². The first kappa shape index (κ1) is 13.4. The van der Waals surface area contributed by atoms with Gasteiger partial charge in [0, 0.05) is 15.7 Å². The number of aryl methyl sites for hydroxylation is 1. The SMILES string of the molecule is Cc1ccc(-c2cccc(Cl)c2)cc1S(=O)(=O)Cl. The van der Waals surface area contributed by atoms with Crippen molar-refractivity contribution in [3.63, 3.8) is 0 Å². The molecule has 0 aliphatic rings. The molecule has 0 heterocycles. The third-order valence-electron chi connectivity index (χ3n) is 2.61. The Kier molecular flexibility index (Phi) is 3.66. The summed E-state index contributed by atoms with van der Waals surface area (Å²) in [4.78, 5) is 0.127. The molecule has 0 fully saturated rings.